The zero-order valence-corrected chi connectivity index (χ0v) is 20.0. The Morgan fingerprint density at radius 2 is 1.59 bits per heavy atom. The molecule has 34 heavy (non-hydrogen) atoms. The van der Waals surface area contributed by atoms with Crippen molar-refractivity contribution in [3.63, 3.8) is 0 Å². The van der Waals surface area contributed by atoms with E-state index >= 15 is 0 Å². The van der Waals surface area contributed by atoms with E-state index in [1.807, 2.05) is 62.5 Å². The third kappa shape index (κ3) is 4.06. The van der Waals surface area contributed by atoms with Gasteiger partial charge < -0.3 is 0 Å². The molecule has 7 heteroatoms. The maximum absolute atomic E-state index is 13.3. The van der Waals surface area contributed by atoms with E-state index < -0.39 is 21.8 Å². The summed E-state index contributed by atoms with van der Waals surface area (Å²) in [6, 6.07) is 19.3. The molecule has 2 amide bonds. The SMILES string of the molecule is CC(c1ccccc1)N1C(=O)Cc2ccc(S(=O)(=O)Cc3ccc4c(c3)CN(C)C4)cc2C1=O. The summed E-state index contributed by atoms with van der Waals surface area (Å²) in [7, 11) is -1.64. The van der Waals surface area contributed by atoms with Crippen LogP contribution < -0.4 is 0 Å². The van der Waals surface area contributed by atoms with Crippen molar-refractivity contribution < 1.29 is 18.0 Å². The monoisotopic (exact) mass is 474 g/mol. The predicted octanol–water partition coefficient (Wildman–Crippen LogP) is 3.89. The molecule has 0 radical (unpaired) electrons. The lowest BCUT2D eigenvalue weighted by Gasteiger charge is -2.32. The number of amides is 2. The molecular formula is C27H26N2O4S. The average molecular weight is 475 g/mol. The van der Waals surface area contributed by atoms with Crippen molar-refractivity contribution in [1.82, 2.24) is 9.80 Å². The summed E-state index contributed by atoms with van der Waals surface area (Å²) >= 11 is 0. The highest BCUT2D eigenvalue weighted by atomic mass is 32.2. The molecule has 3 aromatic carbocycles. The molecule has 1 unspecified atom stereocenters. The number of sulfone groups is 1. The molecule has 2 heterocycles. The molecule has 0 bridgehead atoms. The smallest absolute Gasteiger partial charge is 0.261 e. The lowest BCUT2D eigenvalue weighted by Crippen LogP contribution is -2.43. The third-order valence-corrected chi connectivity index (χ3v) is 8.36. The van der Waals surface area contributed by atoms with Gasteiger partial charge in [-0.3, -0.25) is 19.4 Å². The van der Waals surface area contributed by atoms with Crippen LogP contribution in [0.3, 0.4) is 0 Å². The lowest BCUT2D eigenvalue weighted by atomic mass is 9.95. The highest BCUT2D eigenvalue weighted by Crippen LogP contribution is 2.31. The molecular weight excluding hydrogens is 448 g/mol. The van der Waals surface area contributed by atoms with E-state index in [2.05, 4.69) is 4.90 Å². The molecule has 1 atom stereocenters. The first kappa shape index (κ1) is 22.5. The second kappa shape index (κ2) is 8.49. The van der Waals surface area contributed by atoms with Crippen LogP contribution in [-0.2, 0) is 39.9 Å². The zero-order valence-electron chi connectivity index (χ0n) is 19.2. The van der Waals surface area contributed by atoms with Gasteiger partial charge in [-0.05, 0) is 53.9 Å². The molecule has 5 rings (SSSR count). The van der Waals surface area contributed by atoms with Gasteiger partial charge in [-0.2, -0.15) is 0 Å². The highest BCUT2D eigenvalue weighted by molar-refractivity contribution is 7.90. The number of carbonyl (C=O) groups is 2. The van der Waals surface area contributed by atoms with Crippen molar-refractivity contribution in [2.45, 2.75) is 43.1 Å². The van der Waals surface area contributed by atoms with Crippen molar-refractivity contribution in [2.24, 2.45) is 0 Å². The topological polar surface area (TPSA) is 74.8 Å². The van der Waals surface area contributed by atoms with Crippen molar-refractivity contribution in [3.05, 3.63) is 100 Å². The Morgan fingerprint density at radius 1 is 0.882 bits per heavy atom. The van der Waals surface area contributed by atoms with Crippen LogP contribution >= 0.6 is 0 Å². The normalized spacial score (nSPS) is 16.9. The van der Waals surface area contributed by atoms with Gasteiger partial charge in [0.05, 0.1) is 23.1 Å². The third-order valence-electron chi connectivity index (χ3n) is 6.68. The summed E-state index contributed by atoms with van der Waals surface area (Å²) in [5, 5.41) is 0. The second-order valence-corrected chi connectivity index (χ2v) is 11.2. The molecule has 0 N–H and O–H groups in total. The van der Waals surface area contributed by atoms with Crippen LogP contribution in [0.1, 0.15) is 51.1 Å². The minimum absolute atomic E-state index is 0.0664. The van der Waals surface area contributed by atoms with Gasteiger partial charge >= 0.3 is 0 Å². The fourth-order valence-corrected chi connectivity index (χ4v) is 6.23. The van der Waals surface area contributed by atoms with E-state index in [1.165, 1.54) is 22.6 Å². The molecule has 0 saturated carbocycles. The van der Waals surface area contributed by atoms with Gasteiger partial charge in [0, 0.05) is 18.7 Å². The quantitative estimate of drug-likeness (QED) is 0.525. The van der Waals surface area contributed by atoms with Crippen LogP contribution in [0.2, 0.25) is 0 Å². The van der Waals surface area contributed by atoms with Gasteiger partial charge in [-0.25, -0.2) is 8.42 Å². The number of hydrogen-bond acceptors (Lipinski definition) is 5. The van der Waals surface area contributed by atoms with Crippen molar-refractivity contribution in [2.75, 3.05) is 7.05 Å². The number of rotatable bonds is 5. The Kier molecular flexibility index (Phi) is 5.62. The number of carbonyl (C=O) groups excluding carboxylic acids is 2. The Hall–Kier alpha value is -3.29. The molecule has 0 spiro atoms. The number of hydrogen-bond donors (Lipinski definition) is 0. The fourth-order valence-electron chi connectivity index (χ4n) is 4.88. The Morgan fingerprint density at radius 3 is 2.35 bits per heavy atom. The maximum atomic E-state index is 13.3. The second-order valence-electron chi connectivity index (χ2n) is 9.19. The summed E-state index contributed by atoms with van der Waals surface area (Å²) in [5.41, 5.74) is 4.79. The zero-order chi connectivity index (χ0) is 24.0. The molecule has 6 nitrogen and oxygen atoms in total. The molecule has 0 fully saturated rings. The highest BCUT2D eigenvalue weighted by Gasteiger charge is 2.35. The van der Waals surface area contributed by atoms with Gasteiger partial charge in [0.1, 0.15) is 0 Å². The van der Waals surface area contributed by atoms with Crippen LogP contribution in [0, 0.1) is 0 Å². The minimum Gasteiger partial charge on any atom is -0.298 e. The number of benzene rings is 3. The molecule has 0 aliphatic carbocycles. The van der Waals surface area contributed by atoms with E-state index in [4.69, 9.17) is 0 Å². The number of fused-ring (bicyclic) bond motifs is 2. The maximum Gasteiger partial charge on any atom is 0.261 e. The predicted molar refractivity (Wildman–Crippen MR) is 129 cm³/mol. The molecule has 3 aromatic rings. The van der Waals surface area contributed by atoms with E-state index in [-0.39, 0.29) is 28.5 Å². The van der Waals surface area contributed by atoms with Crippen LogP contribution in [0.4, 0.5) is 0 Å². The first-order chi connectivity index (χ1) is 16.2. The van der Waals surface area contributed by atoms with Crippen LogP contribution in [-0.4, -0.2) is 37.1 Å². The Bertz CT molecular complexity index is 1400. The molecule has 0 saturated heterocycles. The Labute approximate surface area is 199 Å². The summed E-state index contributed by atoms with van der Waals surface area (Å²) in [5.74, 6) is -0.882. The Balaban J connectivity index is 1.44. The first-order valence-corrected chi connectivity index (χ1v) is 12.9. The van der Waals surface area contributed by atoms with Gasteiger partial charge in [-0.15, -0.1) is 0 Å². The molecule has 2 aliphatic heterocycles. The van der Waals surface area contributed by atoms with E-state index in [0.29, 0.717) is 5.56 Å². The van der Waals surface area contributed by atoms with Crippen molar-refractivity contribution in [3.8, 4) is 0 Å². The minimum atomic E-state index is -3.67. The van der Waals surface area contributed by atoms with Crippen LogP contribution in [0.15, 0.2) is 71.6 Å². The lowest BCUT2D eigenvalue weighted by molar-refractivity contribution is -0.130. The van der Waals surface area contributed by atoms with Gasteiger partial charge in [0.25, 0.3) is 5.91 Å². The summed E-state index contributed by atoms with van der Waals surface area (Å²) < 4.78 is 26.5. The van der Waals surface area contributed by atoms with Crippen LogP contribution in [0.5, 0.6) is 0 Å². The average Bonchev–Trinajstić information content (AvgIpc) is 3.18. The summed E-state index contributed by atoms with van der Waals surface area (Å²) in [6.45, 7) is 3.48. The summed E-state index contributed by atoms with van der Waals surface area (Å²) in [4.78, 5) is 29.7. The standard InChI is InChI=1S/C27H26N2O4S/c1-18(20-6-4-3-5-7-20)29-26(30)13-21-10-11-24(14-25(21)27(29)31)34(32,33)17-19-8-9-22-15-28(2)16-23(22)12-19/h3-12,14,18H,13,15-17H2,1-2H3. The number of nitrogens with zero attached hydrogens (tertiary/aromatic N) is 2. The molecule has 174 valence electrons. The van der Waals surface area contributed by atoms with Gasteiger partial charge in [-0.1, -0.05) is 54.6 Å². The van der Waals surface area contributed by atoms with E-state index in [9.17, 15) is 18.0 Å². The molecule has 0 aromatic heterocycles. The first-order valence-electron chi connectivity index (χ1n) is 11.3. The number of imide groups is 1. The van der Waals surface area contributed by atoms with Crippen LogP contribution in [0.25, 0.3) is 0 Å². The summed E-state index contributed by atoms with van der Waals surface area (Å²) in [6.07, 6.45) is 0.0664. The largest absolute Gasteiger partial charge is 0.298 e. The van der Waals surface area contributed by atoms with E-state index in [1.54, 1.807) is 6.07 Å². The van der Waals surface area contributed by atoms with Gasteiger partial charge in [0.15, 0.2) is 9.84 Å². The fraction of sp³-hybridized carbons (Fsp3) is 0.259. The van der Waals surface area contributed by atoms with E-state index in [0.717, 1.165) is 29.8 Å². The van der Waals surface area contributed by atoms with Gasteiger partial charge in [0.2, 0.25) is 5.91 Å². The molecule has 2 aliphatic rings. The van der Waals surface area contributed by atoms with Crippen molar-refractivity contribution in [1.29, 1.82) is 0 Å². The van der Waals surface area contributed by atoms with Crippen molar-refractivity contribution >= 4 is 21.7 Å².